The van der Waals surface area contributed by atoms with Crippen LogP contribution in [0.15, 0.2) is 12.7 Å². The van der Waals surface area contributed by atoms with Gasteiger partial charge in [-0.05, 0) is 76.0 Å². The fourth-order valence-corrected chi connectivity index (χ4v) is 10.2. The zero-order chi connectivity index (χ0) is 37.8. The lowest BCUT2D eigenvalue weighted by molar-refractivity contribution is -0.144. The van der Waals surface area contributed by atoms with Gasteiger partial charge in [-0.15, -0.1) is 6.58 Å². The molecule has 0 aromatic carbocycles. The zero-order valence-electron chi connectivity index (χ0n) is 31.8. The predicted molar refractivity (Wildman–Crippen MR) is 197 cm³/mol. The minimum atomic E-state index is -3.56. The first-order valence-electron chi connectivity index (χ1n) is 19.2. The molecule has 51 heavy (non-hydrogen) atoms. The molecule has 1 saturated heterocycles. The minimum Gasteiger partial charge on any atom is -0.346 e. The van der Waals surface area contributed by atoms with Crippen molar-refractivity contribution in [1.29, 1.82) is 0 Å². The summed E-state index contributed by atoms with van der Waals surface area (Å²) in [6.45, 7) is 15.2. The Labute approximate surface area is 305 Å². The summed E-state index contributed by atoms with van der Waals surface area (Å²) in [6, 6.07) is -3.35. The van der Waals surface area contributed by atoms with E-state index in [9.17, 15) is 32.4 Å². The number of nitrogens with zero attached hydrogens (tertiary/aromatic N) is 1. The molecule has 4 fully saturated rings. The largest absolute Gasteiger partial charge is 0.346 e. The number of carbonyl (C=O) groups excluding carboxylic acids is 5. The molecule has 5 atom stereocenters. The van der Waals surface area contributed by atoms with Crippen LogP contribution in [0.1, 0.15) is 125 Å². The van der Waals surface area contributed by atoms with Crippen LogP contribution in [0.4, 0.5) is 4.79 Å². The summed E-state index contributed by atoms with van der Waals surface area (Å²) in [5, 5.41) is 11.4. The zero-order valence-corrected chi connectivity index (χ0v) is 32.6. The van der Waals surface area contributed by atoms with Gasteiger partial charge in [0.05, 0.1) is 22.1 Å². The fraction of sp³-hybridized carbons (Fsp3) is 0.816. The maximum absolute atomic E-state index is 14.7. The monoisotopic (exact) mass is 733 g/mol. The Hall–Kier alpha value is -2.96. The van der Waals surface area contributed by atoms with Crippen LogP contribution in [-0.2, 0) is 29.0 Å². The first-order chi connectivity index (χ1) is 23.9. The van der Waals surface area contributed by atoms with Gasteiger partial charge in [-0.2, -0.15) is 0 Å². The van der Waals surface area contributed by atoms with E-state index in [1.165, 1.54) is 6.08 Å². The third kappa shape index (κ3) is 9.35. The quantitative estimate of drug-likeness (QED) is 0.145. The highest BCUT2D eigenvalue weighted by atomic mass is 32.2. The van der Waals surface area contributed by atoms with Crippen LogP contribution in [0.3, 0.4) is 0 Å². The van der Waals surface area contributed by atoms with Gasteiger partial charge >= 0.3 is 6.03 Å². The van der Waals surface area contributed by atoms with Gasteiger partial charge in [0, 0.05) is 13.1 Å². The van der Waals surface area contributed by atoms with E-state index in [2.05, 4.69) is 41.7 Å². The summed E-state index contributed by atoms with van der Waals surface area (Å²) in [5.74, 6) is -2.69. The molecule has 0 aromatic heterocycles. The first-order valence-corrected chi connectivity index (χ1v) is 20.9. The van der Waals surface area contributed by atoms with Gasteiger partial charge < -0.3 is 26.2 Å². The number of fused-ring (bicyclic) bond motifs is 1. The number of ketones is 1. The number of rotatable bonds is 15. The molecular formula is C38H63N5O7S. The summed E-state index contributed by atoms with van der Waals surface area (Å²) >= 11 is 0. The number of amides is 5. The summed E-state index contributed by atoms with van der Waals surface area (Å²) in [7, 11) is -3.56. The first kappa shape index (κ1) is 40.8. The molecule has 4 rings (SSSR count). The molecule has 0 unspecified atom stereocenters. The Morgan fingerprint density at radius 2 is 1.59 bits per heavy atom. The summed E-state index contributed by atoms with van der Waals surface area (Å²) in [4.78, 5) is 70.2. The molecule has 4 N–H and O–H groups in total. The van der Waals surface area contributed by atoms with E-state index in [0.29, 0.717) is 32.2 Å². The number of urea groups is 1. The van der Waals surface area contributed by atoms with Gasteiger partial charge in [-0.25, -0.2) is 13.2 Å². The van der Waals surface area contributed by atoms with Crippen LogP contribution in [0.25, 0.3) is 0 Å². The Bertz CT molecular complexity index is 1430. The van der Waals surface area contributed by atoms with E-state index in [1.807, 2.05) is 6.92 Å². The second-order valence-electron chi connectivity index (χ2n) is 17.1. The standard InChI is InChI=1S/C38H63N5O7S/c1-8-10-19-27(31(44)33(46)39-22-9-2)40-32(45)30-28-26(37(28,6)7)23-43(30)34(47)29(25-17-13-11-14-18-25)41-35(48)42-38(20-15-12-16-21-38)24-51(49,50)36(3,4)5/h9,25-30H,2,8,10-24H2,1,3-7H3,(H,39,46)(H,40,45)(H2,41,42,48)/t26-,27-,28-,29-,30-/m0/s1. The fourth-order valence-electron chi connectivity index (χ4n) is 8.72. The number of sulfone groups is 1. The molecule has 0 radical (unpaired) electrons. The van der Waals surface area contributed by atoms with Crippen molar-refractivity contribution in [1.82, 2.24) is 26.2 Å². The molecule has 1 aliphatic heterocycles. The van der Waals surface area contributed by atoms with Crippen molar-refractivity contribution in [3.63, 3.8) is 0 Å². The van der Waals surface area contributed by atoms with Crippen molar-refractivity contribution in [3.8, 4) is 0 Å². The summed E-state index contributed by atoms with van der Waals surface area (Å²) in [6.07, 6.45) is 11.2. The minimum absolute atomic E-state index is 0.0758. The average Bonchev–Trinajstić information content (AvgIpc) is 3.38. The van der Waals surface area contributed by atoms with Crippen molar-refractivity contribution in [2.24, 2.45) is 23.2 Å². The second kappa shape index (κ2) is 16.4. The van der Waals surface area contributed by atoms with Crippen LogP contribution < -0.4 is 21.3 Å². The topological polar surface area (TPSA) is 171 Å². The maximum Gasteiger partial charge on any atom is 0.315 e. The molecule has 0 bridgehead atoms. The number of unbranched alkanes of at least 4 members (excludes halogenated alkanes) is 1. The number of hydrogen-bond donors (Lipinski definition) is 4. The van der Waals surface area contributed by atoms with E-state index in [4.69, 9.17) is 0 Å². The molecule has 5 amide bonds. The van der Waals surface area contributed by atoms with E-state index >= 15 is 0 Å². The number of likely N-dealkylation sites (tertiary alicyclic amines) is 1. The normalized spacial score (nSPS) is 25.5. The smallest absolute Gasteiger partial charge is 0.315 e. The lowest BCUT2D eigenvalue weighted by atomic mass is 9.82. The average molecular weight is 734 g/mol. The van der Waals surface area contributed by atoms with Gasteiger partial charge in [-0.1, -0.05) is 78.2 Å². The van der Waals surface area contributed by atoms with Crippen LogP contribution in [0, 0.1) is 23.2 Å². The second-order valence-corrected chi connectivity index (χ2v) is 19.9. The van der Waals surface area contributed by atoms with Gasteiger partial charge in [0.2, 0.25) is 17.6 Å². The Balaban J connectivity index is 1.58. The predicted octanol–water partition coefficient (Wildman–Crippen LogP) is 4.18. The SMILES string of the molecule is C=CCNC(=O)C(=O)[C@H](CCCC)NC(=O)[C@@H]1[C@@H]2[C@H](CN1C(=O)[C@@H](NC(=O)NC1(CS(=O)(=O)C(C)(C)C)CCCCC1)C1CCCCC1)C2(C)C. The van der Waals surface area contributed by atoms with Crippen molar-refractivity contribution in [3.05, 3.63) is 12.7 Å². The highest BCUT2D eigenvalue weighted by molar-refractivity contribution is 7.92. The highest BCUT2D eigenvalue weighted by Crippen LogP contribution is 2.65. The number of Topliss-reactive ketones (excluding diaryl/α,β-unsaturated/α-hetero) is 1. The molecule has 0 spiro atoms. The number of nitrogens with one attached hydrogen (secondary N) is 4. The van der Waals surface area contributed by atoms with E-state index in [1.54, 1.807) is 25.7 Å². The van der Waals surface area contributed by atoms with Crippen molar-refractivity contribution < 1.29 is 32.4 Å². The van der Waals surface area contributed by atoms with E-state index < -0.39 is 61.9 Å². The molecule has 1 heterocycles. The number of carbonyl (C=O) groups is 5. The third-order valence-corrected chi connectivity index (χ3v) is 14.9. The van der Waals surface area contributed by atoms with Crippen LogP contribution in [0.5, 0.6) is 0 Å². The molecule has 13 heteroatoms. The highest BCUT2D eigenvalue weighted by Gasteiger charge is 2.69. The van der Waals surface area contributed by atoms with Crippen LogP contribution >= 0.6 is 0 Å². The van der Waals surface area contributed by atoms with Gasteiger partial charge in [0.15, 0.2) is 9.84 Å². The van der Waals surface area contributed by atoms with Crippen molar-refractivity contribution in [2.45, 2.75) is 153 Å². The third-order valence-electron chi connectivity index (χ3n) is 12.1. The number of hydrogen-bond acceptors (Lipinski definition) is 7. The summed E-state index contributed by atoms with van der Waals surface area (Å²) in [5.41, 5.74) is -1.13. The van der Waals surface area contributed by atoms with Crippen molar-refractivity contribution in [2.75, 3.05) is 18.8 Å². The Morgan fingerprint density at radius 1 is 0.961 bits per heavy atom. The van der Waals surface area contributed by atoms with E-state index in [-0.39, 0.29) is 41.4 Å². The molecule has 288 valence electrons. The lowest BCUT2D eigenvalue weighted by Crippen LogP contribution is -2.63. The lowest BCUT2D eigenvalue weighted by Gasteiger charge is -2.41. The van der Waals surface area contributed by atoms with Gasteiger partial charge in [0.25, 0.3) is 5.91 Å². The molecule has 12 nitrogen and oxygen atoms in total. The van der Waals surface area contributed by atoms with Crippen LogP contribution in [0.2, 0.25) is 0 Å². The van der Waals surface area contributed by atoms with Crippen molar-refractivity contribution >= 4 is 39.4 Å². The van der Waals surface area contributed by atoms with E-state index in [0.717, 1.165) is 57.8 Å². The molecule has 0 aromatic rings. The molecule has 3 aliphatic carbocycles. The van der Waals surface area contributed by atoms with Crippen LogP contribution in [-0.4, -0.2) is 90.1 Å². The Morgan fingerprint density at radius 3 is 2.18 bits per heavy atom. The number of piperidine rings is 1. The molecule has 4 aliphatic rings. The summed E-state index contributed by atoms with van der Waals surface area (Å²) < 4.78 is 25.8. The maximum atomic E-state index is 14.7. The molecular weight excluding hydrogens is 671 g/mol. The molecule has 3 saturated carbocycles. The van der Waals surface area contributed by atoms with Gasteiger partial charge in [0.1, 0.15) is 12.1 Å². The Kier molecular flexibility index (Phi) is 13.1. The van der Waals surface area contributed by atoms with Gasteiger partial charge in [-0.3, -0.25) is 19.2 Å².